The number of hydrogen-bond acceptors (Lipinski definition) is 7. The van der Waals surface area contributed by atoms with Gasteiger partial charge in [-0.3, -0.25) is 9.59 Å². The van der Waals surface area contributed by atoms with Crippen molar-refractivity contribution in [2.45, 2.75) is 63.8 Å². The number of thioether (sulfide) groups is 1. The van der Waals surface area contributed by atoms with Gasteiger partial charge in [0.1, 0.15) is 0 Å². The SMILES string of the molecule is Cc1ccc(C)c(-n2nnnc2SCC(=O)O[C@H](C)C(=O)NC2CCCC2)c1. The van der Waals surface area contributed by atoms with Crippen LogP contribution in [0.3, 0.4) is 0 Å². The summed E-state index contributed by atoms with van der Waals surface area (Å²) in [5, 5.41) is 15.2. The average molecular weight is 404 g/mol. The van der Waals surface area contributed by atoms with Crippen molar-refractivity contribution in [3.63, 3.8) is 0 Å². The molecule has 150 valence electrons. The number of nitrogens with zero attached hydrogens (tertiary/aromatic N) is 4. The Morgan fingerprint density at radius 1 is 1.32 bits per heavy atom. The minimum absolute atomic E-state index is 0.0201. The number of aromatic nitrogens is 4. The average Bonchev–Trinajstić information content (AvgIpc) is 3.33. The van der Waals surface area contributed by atoms with E-state index in [-0.39, 0.29) is 17.7 Å². The number of aryl methyl sites for hydroxylation is 2. The summed E-state index contributed by atoms with van der Waals surface area (Å²) in [6.45, 7) is 5.56. The summed E-state index contributed by atoms with van der Waals surface area (Å²) in [4.78, 5) is 24.3. The van der Waals surface area contributed by atoms with Gasteiger partial charge in [0.15, 0.2) is 6.10 Å². The quantitative estimate of drug-likeness (QED) is 0.560. The number of nitrogens with one attached hydrogen (secondary N) is 1. The molecule has 0 aliphatic heterocycles. The van der Waals surface area contributed by atoms with Crippen LogP contribution in [-0.4, -0.2) is 50.0 Å². The van der Waals surface area contributed by atoms with Crippen LogP contribution < -0.4 is 5.32 Å². The van der Waals surface area contributed by atoms with E-state index in [0.29, 0.717) is 5.16 Å². The summed E-state index contributed by atoms with van der Waals surface area (Å²) in [7, 11) is 0. The normalized spacial score (nSPS) is 15.4. The van der Waals surface area contributed by atoms with Crippen LogP contribution >= 0.6 is 11.8 Å². The molecule has 3 rings (SSSR count). The van der Waals surface area contributed by atoms with E-state index in [0.717, 1.165) is 42.5 Å². The molecular weight excluding hydrogens is 378 g/mol. The highest BCUT2D eigenvalue weighted by atomic mass is 32.2. The molecule has 1 saturated carbocycles. The zero-order valence-corrected chi connectivity index (χ0v) is 17.2. The van der Waals surface area contributed by atoms with Gasteiger partial charge in [-0.05, 0) is 61.2 Å². The van der Waals surface area contributed by atoms with Gasteiger partial charge in [-0.2, -0.15) is 4.68 Å². The molecule has 1 amide bonds. The molecule has 28 heavy (non-hydrogen) atoms. The van der Waals surface area contributed by atoms with Gasteiger partial charge in [0.05, 0.1) is 11.4 Å². The molecule has 9 heteroatoms. The van der Waals surface area contributed by atoms with E-state index in [1.54, 1.807) is 11.6 Å². The highest BCUT2D eigenvalue weighted by Crippen LogP contribution is 2.22. The molecule has 0 bridgehead atoms. The van der Waals surface area contributed by atoms with Crippen molar-refractivity contribution < 1.29 is 14.3 Å². The predicted molar refractivity (Wildman–Crippen MR) is 105 cm³/mol. The van der Waals surface area contributed by atoms with Crippen molar-refractivity contribution in [3.05, 3.63) is 29.3 Å². The molecule has 0 saturated heterocycles. The Bertz CT molecular complexity index is 848. The highest BCUT2D eigenvalue weighted by molar-refractivity contribution is 7.99. The van der Waals surface area contributed by atoms with E-state index in [2.05, 4.69) is 20.8 Å². The zero-order chi connectivity index (χ0) is 20.1. The Kier molecular flexibility index (Phi) is 6.66. The molecule has 1 aromatic carbocycles. The Balaban J connectivity index is 1.54. The van der Waals surface area contributed by atoms with Crippen LogP contribution in [0, 0.1) is 13.8 Å². The van der Waals surface area contributed by atoms with E-state index >= 15 is 0 Å². The van der Waals surface area contributed by atoms with Gasteiger partial charge in [-0.15, -0.1) is 5.10 Å². The second kappa shape index (κ2) is 9.18. The van der Waals surface area contributed by atoms with Gasteiger partial charge < -0.3 is 10.1 Å². The first-order valence-electron chi connectivity index (χ1n) is 9.42. The van der Waals surface area contributed by atoms with Gasteiger partial charge in [0, 0.05) is 6.04 Å². The fraction of sp³-hybridized carbons (Fsp3) is 0.526. The molecular formula is C19H25N5O3S. The first kappa shape index (κ1) is 20.3. The van der Waals surface area contributed by atoms with E-state index in [4.69, 9.17) is 4.74 Å². The number of carbonyl (C=O) groups excluding carboxylic acids is 2. The third-order valence-electron chi connectivity index (χ3n) is 4.73. The van der Waals surface area contributed by atoms with Crippen LogP contribution in [0.4, 0.5) is 0 Å². The lowest BCUT2D eigenvalue weighted by molar-refractivity contribution is -0.152. The minimum Gasteiger partial charge on any atom is -0.452 e. The lowest BCUT2D eigenvalue weighted by Crippen LogP contribution is -2.41. The molecule has 1 atom stereocenters. The van der Waals surface area contributed by atoms with E-state index < -0.39 is 12.1 Å². The number of esters is 1. The van der Waals surface area contributed by atoms with Crippen LogP contribution in [0.5, 0.6) is 0 Å². The molecule has 1 fully saturated rings. The number of carbonyl (C=O) groups is 2. The molecule has 0 radical (unpaired) electrons. The lowest BCUT2D eigenvalue weighted by Gasteiger charge is -2.17. The third kappa shape index (κ3) is 5.09. The summed E-state index contributed by atoms with van der Waals surface area (Å²) < 4.78 is 6.87. The molecule has 1 N–H and O–H groups in total. The Morgan fingerprint density at radius 2 is 2.07 bits per heavy atom. The summed E-state index contributed by atoms with van der Waals surface area (Å²) in [6, 6.07) is 6.21. The predicted octanol–water partition coefficient (Wildman–Crippen LogP) is 2.36. The molecule has 1 heterocycles. The molecule has 1 aromatic heterocycles. The van der Waals surface area contributed by atoms with Gasteiger partial charge in [-0.1, -0.05) is 36.7 Å². The molecule has 1 aliphatic carbocycles. The van der Waals surface area contributed by atoms with Gasteiger partial charge >= 0.3 is 5.97 Å². The van der Waals surface area contributed by atoms with Crippen molar-refractivity contribution in [2.75, 3.05) is 5.75 Å². The van der Waals surface area contributed by atoms with E-state index in [9.17, 15) is 9.59 Å². The topological polar surface area (TPSA) is 99.0 Å². The monoisotopic (exact) mass is 403 g/mol. The Labute approximate surface area is 168 Å². The maximum absolute atomic E-state index is 12.2. The number of hydrogen-bond donors (Lipinski definition) is 1. The Hall–Kier alpha value is -2.42. The van der Waals surface area contributed by atoms with Crippen LogP contribution in [-0.2, 0) is 14.3 Å². The zero-order valence-electron chi connectivity index (χ0n) is 16.3. The van der Waals surface area contributed by atoms with Crippen LogP contribution in [0.25, 0.3) is 5.69 Å². The maximum atomic E-state index is 12.2. The second-order valence-electron chi connectivity index (χ2n) is 7.07. The fourth-order valence-electron chi connectivity index (χ4n) is 3.16. The van der Waals surface area contributed by atoms with Crippen LogP contribution in [0.2, 0.25) is 0 Å². The molecule has 2 aromatic rings. The van der Waals surface area contributed by atoms with E-state index in [1.807, 2.05) is 32.0 Å². The number of ether oxygens (including phenoxy) is 1. The highest BCUT2D eigenvalue weighted by Gasteiger charge is 2.23. The van der Waals surface area contributed by atoms with Gasteiger partial charge in [0.2, 0.25) is 5.16 Å². The van der Waals surface area contributed by atoms with Gasteiger partial charge in [-0.25, -0.2) is 0 Å². The van der Waals surface area contributed by atoms with Crippen molar-refractivity contribution in [2.24, 2.45) is 0 Å². The molecule has 0 unspecified atom stereocenters. The van der Waals surface area contributed by atoms with Crippen molar-refractivity contribution >= 4 is 23.6 Å². The second-order valence-corrected chi connectivity index (χ2v) is 8.02. The van der Waals surface area contributed by atoms with Crippen molar-refractivity contribution in [3.8, 4) is 5.69 Å². The first-order valence-corrected chi connectivity index (χ1v) is 10.4. The summed E-state index contributed by atoms with van der Waals surface area (Å²) in [5.74, 6) is -0.702. The fourth-order valence-corrected chi connectivity index (χ4v) is 3.83. The van der Waals surface area contributed by atoms with Gasteiger partial charge in [0.25, 0.3) is 5.91 Å². The van der Waals surface area contributed by atoms with Crippen molar-refractivity contribution in [1.82, 2.24) is 25.5 Å². The van der Waals surface area contributed by atoms with Crippen molar-refractivity contribution in [1.29, 1.82) is 0 Å². The summed E-state index contributed by atoms with van der Waals surface area (Å²) in [5.41, 5.74) is 2.98. The Morgan fingerprint density at radius 3 is 2.82 bits per heavy atom. The maximum Gasteiger partial charge on any atom is 0.317 e. The number of amides is 1. The molecule has 0 spiro atoms. The van der Waals surface area contributed by atoms with Crippen LogP contribution in [0.1, 0.15) is 43.7 Å². The van der Waals surface area contributed by atoms with E-state index in [1.165, 1.54) is 11.8 Å². The first-order chi connectivity index (χ1) is 13.4. The lowest BCUT2D eigenvalue weighted by atomic mass is 10.1. The molecule has 8 nitrogen and oxygen atoms in total. The largest absolute Gasteiger partial charge is 0.452 e. The number of benzene rings is 1. The third-order valence-corrected chi connectivity index (χ3v) is 5.62. The smallest absolute Gasteiger partial charge is 0.317 e. The standard InChI is InChI=1S/C19H25N5O3S/c1-12-8-9-13(2)16(10-12)24-19(21-22-23-24)28-11-17(25)27-14(3)18(26)20-15-6-4-5-7-15/h8-10,14-15H,4-7,11H2,1-3H3,(H,20,26)/t14-/m1/s1. The minimum atomic E-state index is -0.816. The summed E-state index contributed by atoms with van der Waals surface area (Å²) >= 11 is 1.18. The number of rotatable bonds is 7. The number of tetrazole rings is 1. The molecule has 1 aliphatic rings. The van der Waals surface area contributed by atoms with Crippen LogP contribution in [0.15, 0.2) is 23.4 Å². The summed E-state index contributed by atoms with van der Waals surface area (Å²) in [6.07, 6.45) is 3.42.